The summed E-state index contributed by atoms with van der Waals surface area (Å²) in [6.07, 6.45) is 7.21. The lowest BCUT2D eigenvalue weighted by Crippen LogP contribution is -3.00. The summed E-state index contributed by atoms with van der Waals surface area (Å²) in [5.74, 6) is 0.120. The van der Waals surface area contributed by atoms with Crippen LogP contribution >= 0.6 is 0 Å². The van der Waals surface area contributed by atoms with Gasteiger partial charge in [0.05, 0.1) is 19.4 Å². The van der Waals surface area contributed by atoms with Gasteiger partial charge in [0.1, 0.15) is 6.54 Å². The normalized spacial score (nSPS) is 13.1. The van der Waals surface area contributed by atoms with E-state index >= 15 is 0 Å². The number of halogens is 1. The van der Waals surface area contributed by atoms with Gasteiger partial charge in [0, 0.05) is 5.56 Å². The molecule has 107 valence electrons. The van der Waals surface area contributed by atoms with Crippen LogP contribution in [0.15, 0.2) is 36.7 Å². The molecule has 0 saturated heterocycles. The maximum Gasteiger partial charge on any atom is 0.564 e. The lowest BCUT2D eigenvalue weighted by Gasteiger charge is -2.04. The second kappa shape index (κ2) is 8.19. The van der Waals surface area contributed by atoms with Crippen LogP contribution in [-0.4, -0.2) is 29.2 Å². The molecule has 0 atom stereocenters. The Morgan fingerprint density at radius 3 is 2.45 bits per heavy atom. The van der Waals surface area contributed by atoms with Gasteiger partial charge in [0.15, 0.2) is 5.78 Å². The van der Waals surface area contributed by atoms with E-state index in [4.69, 9.17) is 0 Å². The van der Waals surface area contributed by atoms with Gasteiger partial charge in [-0.05, 0) is 18.4 Å². The van der Waals surface area contributed by atoms with E-state index < -0.39 is 0 Å². The molecule has 0 aliphatic carbocycles. The number of carbonyl (C=O) groups excluding carboxylic acids is 1. The first kappa shape index (κ1) is 16.9. The summed E-state index contributed by atoms with van der Waals surface area (Å²) in [6.45, 7) is 5.56. The number of ketones is 1. The number of carbonyl (C=O) groups is 1. The minimum absolute atomic E-state index is 0. The minimum atomic E-state index is 0. The highest BCUT2D eigenvalue weighted by Gasteiger charge is 2.29. The van der Waals surface area contributed by atoms with Crippen molar-refractivity contribution in [2.24, 2.45) is 0 Å². The van der Waals surface area contributed by atoms with Gasteiger partial charge in [0.2, 0.25) is 0 Å². The first-order valence-electron chi connectivity index (χ1n) is 6.75. The zero-order chi connectivity index (χ0) is 13.7. The highest BCUT2D eigenvalue weighted by Crippen LogP contribution is 2.12. The average molecular weight is 383 g/mol. The number of Topliss-reactive ketones (excluding diaryl/α,β-unsaturated/α-hetero) is 1. The molecule has 0 amide bonds. The molecule has 1 aromatic carbocycles. The SMILES string of the molecule is CCCCc1ccc(C(=O)CN2[C+]N(C)C=C2)cc1.[I-]. The molecule has 4 heteroatoms. The number of benzene rings is 1. The standard InChI is InChI=1S/C16H20N2O.HI/c1-3-4-5-14-6-8-15(9-7-14)16(19)12-18-11-10-17(2)13-18;/h6-11H,3-5,12H2,1-2H3;1H/q+1;/p-1. The van der Waals surface area contributed by atoms with Crippen LogP contribution in [0.5, 0.6) is 0 Å². The summed E-state index contributed by atoms with van der Waals surface area (Å²) < 4.78 is 0. The molecule has 3 nitrogen and oxygen atoms in total. The van der Waals surface area contributed by atoms with Crippen LogP contribution in [0, 0.1) is 6.67 Å². The Labute approximate surface area is 138 Å². The van der Waals surface area contributed by atoms with E-state index in [9.17, 15) is 4.79 Å². The maximum absolute atomic E-state index is 12.1. The Morgan fingerprint density at radius 1 is 1.20 bits per heavy atom. The summed E-state index contributed by atoms with van der Waals surface area (Å²) in [4.78, 5) is 15.7. The van der Waals surface area contributed by atoms with Crippen molar-refractivity contribution in [3.8, 4) is 0 Å². The lowest BCUT2D eigenvalue weighted by atomic mass is 10.0. The average Bonchev–Trinajstić information content (AvgIpc) is 2.82. The van der Waals surface area contributed by atoms with E-state index in [-0.39, 0.29) is 29.8 Å². The van der Waals surface area contributed by atoms with Crippen molar-refractivity contribution >= 4 is 5.78 Å². The van der Waals surface area contributed by atoms with Gasteiger partial charge in [-0.3, -0.25) is 4.79 Å². The first-order chi connectivity index (χ1) is 9.19. The molecule has 0 bridgehead atoms. The van der Waals surface area contributed by atoms with Gasteiger partial charge >= 0.3 is 6.67 Å². The fraction of sp³-hybridized carbons (Fsp3) is 0.375. The number of nitrogens with zero attached hydrogens (tertiary/aromatic N) is 2. The van der Waals surface area contributed by atoms with Crippen LogP contribution in [0.3, 0.4) is 0 Å². The Balaban J connectivity index is 0.00000200. The quantitative estimate of drug-likeness (QED) is 0.391. The van der Waals surface area contributed by atoms with Crippen LogP contribution in [-0.2, 0) is 6.42 Å². The third kappa shape index (κ3) is 4.74. The van der Waals surface area contributed by atoms with Crippen molar-refractivity contribution in [3.63, 3.8) is 0 Å². The van der Waals surface area contributed by atoms with Crippen molar-refractivity contribution < 1.29 is 28.8 Å². The van der Waals surface area contributed by atoms with Gasteiger partial charge in [0.25, 0.3) is 0 Å². The second-order valence-electron chi connectivity index (χ2n) is 4.86. The molecule has 1 aromatic rings. The largest absolute Gasteiger partial charge is 1.00 e. The fourth-order valence-electron chi connectivity index (χ4n) is 2.02. The van der Waals surface area contributed by atoms with Crippen molar-refractivity contribution in [1.82, 2.24) is 9.80 Å². The molecule has 20 heavy (non-hydrogen) atoms. The minimum Gasteiger partial charge on any atom is -1.00 e. The van der Waals surface area contributed by atoms with Crippen LogP contribution in [0.25, 0.3) is 0 Å². The third-order valence-electron chi connectivity index (χ3n) is 3.17. The van der Waals surface area contributed by atoms with E-state index in [2.05, 4.69) is 25.7 Å². The summed E-state index contributed by atoms with van der Waals surface area (Å²) in [5.41, 5.74) is 2.07. The van der Waals surface area contributed by atoms with Crippen LogP contribution in [0.1, 0.15) is 35.7 Å². The molecule has 1 heterocycles. The smallest absolute Gasteiger partial charge is 0.564 e. The molecular formula is C16H20IN2O. The second-order valence-corrected chi connectivity index (χ2v) is 4.86. The molecule has 1 radical (unpaired) electrons. The number of hydrogen-bond donors (Lipinski definition) is 0. The van der Waals surface area contributed by atoms with Gasteiger partial charge in [-0.1, -0.05) is 37.6 Å². The van der Waals surface area contributed by atoms with E-state index in [0.29, 0.717) is 6.54 Å². The van der Waals surface area contributed by atoms with Crippen LogP contribution < -0.4 is 24.0 Å². The zero-order valence-corrected chi connectivity index (χ0v) is 14.1. The molecular weight excluding hydrogens is 363 g/mol. The Morgan fingerprint density at radius 2 is 1.90 bits per heavy atom. The highest BCUT2D eigenvalue weighted by atomic mass is 127. The van der Waals surface area contributed by atoms with Crippen molar-refractivity contribution in [3.05, 3.63) is 54.5 Å². The van der Waals surface area contributed by atoms with Crippen molar-refractivity contribution in [2.75, 3.05) is 13.6 Å². The molecule has 0 unspecified atom stereocenters. The molecule has 0 fully saturated rings. The molecule has 1 aliphatic heterocycles. The van der Waals surface area contributed by atoms with Crippen molar-refractivity contribution in [1.29, 1.82) is 0 Å². The van der Waals surface area contributed by atoms with Gasteiger partial charge < -0.3 is 24.0 Å². The molecule has 2 rings (SSSR count). The Bertz CT molecular complexity index is 456. The molecule has 0 aromatic heterocycles. The summed E-state index contributed by atoms with van der Waals surface area (Å²) >= 11 is 0. The first-order valence-corrected chi connectivity index (χ1v) is 6.75. The lowest BCUT2D eigenvalue weighted by molar-refractivity contribution is -0.0000119. The zero-order valence-electron chi connectivity index (χ0n) is 12.0. The predicted molar refractivity (Wildman–Crippen MR) is 76.2 cm³/mol. The van der Waals surface area contributed by atoms with E-state index in [0.717, 1.165) is 12.0 Å². The highest BCUT2D eigenvalue weighted by molar-refractivity contribution is 5.97. The third-order valence-corrected chi connectivity index (χ3v) is 3.17. The monoisotopic (exact) mass is 383 g/mol. The molecule has 0 spiro atoms. The Hall–Kier alpha value is -1.17. The van der Waals surface area contributed by atoms with Gasteiger partial charge in [-0.15, -0.1) is 9.80 Å². The van der Waals surface area contributed by atoms with E-state index in [1.165, 1.54) is 18.4 Å². The number of unbranched alkanes of at least 4 members (excludes halogenated alkanes) is 1. The summed E-state index contributed by atoms with van der Waals surface area (Å²) in [6, 6.07) is 7.97. The number of aryl methyl sites for hydroxylation is 1. The predicted octanol–water partition coefficient (Wildman–Crippen LogP) is -0.0692. The molecule has 0 saturated carbocycles. The van der Waals surface area contributed by atoms with Crippen LogP contribution in [0.2, 0.25) is 0 Å². The van der Waals surface area contributed by atoms with Gasteiger partial charge in [-0.25, -0.2) is 0 Å². The topological polar surface area (TPSA) is 23.6 Å². The number of rotatable bonds is 6. The molecule has 0 N–H and O–H groups in total. The summed E-state index contributed by atoms with van der Waals surface area (Å²) in [7, 11) is 1.89. The van der Waals surface area contributed by atoms with E-state index in [1.54, 1.807) is 9.80 Å². The Kier molecular flexibility index (Phi) is 6.91. The van der Waals surface area contributed by atoms with E-state index in [1.807, 2.05) is 31.6 Å². The fourth-order valence-corrected chi connectivity index (χ4v) is 2.02. The van der Waals surface area contributed by atoms with Crippen LogP contribution in [0.4, 0.5) is 0 Å². The van der Waals surface area contributed by atoms with Gasteiger partial charge in [-0.2, -0.15) is 0 Å². The molecule has 1 aliphatic rings. The summed E-state index contributed by atoms with van der Waals surface area (Å²) in [5, 5.41) is 0. The van der Waals surface area contributed by atoms with Crippen molar-refractivity contribution in [2.45, 2.75) is 26.2 Å². The maximum atomic E-state index is 12.1. The number of hydrogen-bond acceptors (Lipinski definition) is 3.